The summed E-state index contributed by atoms with van der Waals surface area (Å²) >= 11 is 0. The summed E-state index contributed by atoms with van der Waals surface area (Å²) in [5, 5.41) is 7.17. The SMILES string of the molecule is COCCN(CCCC(=N)N)C(C)COC. The van der Waals surface area contributed by atoms with Gasteiger partial charge in [-0.3, -0.25) is 10.3 Å². The fourth-order valence-electron chi connectivity index (χ4n) is 1.58. The summed E-state index contributed by atoms with van der Waals surface area (Å²) < 4.78 is 10.2. The summed E-state index contributed by atoms with van der Waals surface area (Å²) in [6.45, 7) is 5.37. The van der Waals surface area contributed by atoms with Gasteiger partial charge in [-0.25, -0.2) is 0 Å². The van der Waals surface area contributed by atoms with E-state index in [0.29, 0.717) is 25.7 Å². The average molecular weight is 231 g/mol. The third-order valence-electron chi connectivity index (χ3n) is 2.51. The van der Waals surface area contributed by atoms with E-state index in [9.17, 15) is 0 Å². The van der Waals surface area contributed by atoms with E-state index in [1.54, 1.807) is 14.2 Å². The van der Waals surface area contributed by atoms with Gasteiger partial charge in [-0.15, -0.1) is 0 Å². The quantitative estimate of drug-likeness (QED) is 0.428. The lowest BCUT2D eigenvalue weighted by atomic mass is 10.2. The predicted molar refractivity (Wildman–Crippen MR) is 65.9 cm³/mol. The lowest BCUT2D eigenvalue weighted by molar-refractivity contribution is 0.0747. The molecule has 5 heteroatoms. The first kappa shape index (κ1) is 15.3. The molecule has 0 bridgehead atoms. The van der Waals surface area contributed by atoms with Crippen LogP contribution in [0.4, 0.5) is 0 Å². The number of hydrogen-bond acceptors (Lipinski definition) is 4. The van der Waals surface area contributed by atoms with E-state index in [0.717, 1.165) is 19.5 Å². The molecule has 0 aliphatic heterocycles. The van der Waals surface area contributed by atoms with Crippen LogP contribution < -0.4 is 5.73 Å². The Hall–Kier alpha value is -0.650. The molecule has 0 saturated heterocycles. The molecule has 0 spiro atoms. The number of rotatable bonds is 10. The van der Waals surface area contributed by atoms with Crippen LogP contribution in [-0.4, -0.2) is 57.3 Å². The van der Waals surface area contributed by atoms with Crippen LogP contribution in [0.25, 0.3) is 0 Å². The number of hydrogen-bond donors (Lipinski definition) is 2. The van der Waals surface area contributed by atoms with Crippen molar-refractivity contribution in [2.24, 2.45) is 5.73 Å². The molecule has 0 saturated carbocycles. The lowest BCUT2D eigenvalue weighted by Gasteiger charge is -2.28. The maximum atomic E-state index is 7.17. The Morgan fingerprint density at radius 2 is 2.00 bits per heavy atom. The first-order chi connectivity index (χ1) is 7.61. The Labute approximate surface area is 98.4 Å². The molecule has 0 radical (unpaired) electrons. The first-order valence-electron chi connectivity index (χ1n) is 5.66. The van der Waals surface area contributed by atoms with Crippen molar-refractivity contribution < 1.29 is 9.47 Å². The third-order valence-corrected chi connectivity index (χ3v) is 2.51. The standard InChI is InChI=1S/C11H25N3O2/c1-10(9-16-3)14(7-8-15-2)6-4-5-11(12)13/h10H,4-9H2,1-3H3,(H3,12,13). The van der Waals surface area contributed by atoms with Gasteiger partial charge < -0.3 is 15.2 Å². The number of nitrogens with one attached hydrogen (secondary N) is 1. The zero-order valence-electron chi connectivity index (χ0n) is 10.7. The second-order valence-corrected chi connectivity index (χ2v) is 3.96. The molecule has 0 aromatic carbocycles. The number of nitrogens with two attached hydrogens (primary N) is 1. The molecule has 0 aliphatic carbocycles. The van der Waals surface area contributed by atoms with E-state index in [1.165, 1.54) is 0 Å². The molecule has 5 nitrogen and oxygen atoms in total. The molecular weight excluding hydrogens is 206 g/mol. The summed E-state index contributed by atoms with van der Waals surface area (Å²) in [4.78, 5) is 2.30. The minimum absolute atomic E-state index is 0.256. The number of ether oxygens (including phenoxy) is 2. The Balaban J connectivity index is 3.93. The van der Waals surface area contributed by atoms with Crippen molar-refractivity contribution in [3.8, 4) is 0 Å². The normalized spacial score (nSPS) is 13.0. The zero-order valence-corrected chi connectivity index (χ0v) is 10.7. The molecule has 1 atom stereocenters. The van der Waals surface area contributed by atoms with Gasteiger partial charge in [0, 0.05) is 33.2 Å². The van der Waals surface area contributed by atoms with Gasteiger partial charge in [-0.1, -0.05) is 0 Å². The first-order valence-corrected chi connectivity index (χ1v) is 5.66. The fraction of sp³-hybridized carbons (Fsp3) is 0.909. The number of amidine groups is 1. The molecule has 1 unspecified atom stereocenters. The zero-order chi connectivity index (χ0) is 12.4. The third kappa shape index (κ3) is 7.62. The minimum atomic E-state index is 0.256. The Kier molecular flexibility index (Phi) is 9.18. The van der Waals surface area contributed by atoms with Gasteiger partial charge in [-0.2, -0.15) is 0 Å². The molecular formula is C11H25N3O2. The summed E-state index contributed by atoms with van der Waals surface area (Å²) in [6.07, 6.45) is 1.57. The highest BCUT2D eigenvalue weighted by Gasteiger charge is 2.12. The van der Waals surface area contributed by atoms with Gasteiger partial charge in [0.05, 0.1) is 19.0 Å². The molecule has 0 aromatic heterocycles. The van der Waals surface area contributed by atoms with Gasteiger partial charge in [-0.05, 0) is 19.9 Å². The topological polar surface area (TPSA) is 71.6 Å². The van der Waals surface area contributed by atoms with Crippen LogP contribution in [0.3, 0.4) is 0 Å². The van der Waals surface area contributed by atoms with E-state index in [-0.39, 0.29) is 5.84 Å². The van der Waals surface area contributed by atoms with Crippen molar-refractivity contribution in [3.05, 3.63) is 0 Å². The molecule has 0 aliphatic rings. The van der Waals surface area contributed by atoms with Crippen LogP contribution in [-0.2, 0) is 9.47 Å². The highest BCUT2D eigenvalue weighted by atomic mass is 16.5. The van der Waals surface area contributed by atoms with Crippen LogP contribution >= 0.6 is 0 Å². The van der Waals surface area contributed by atoms with Gasteiger partial charge in [0.15, 0.2) is 0 Å². The van der Waals surface area contributed by atoms with Crippen LogP contribution in [0.2, 0.25) is 0 Å². The largest absolute Gasteiger partial charge is 0.388 e. The van der Waals surface area contributed by atoms with Gasteiger partial charge in [0.25, 0.3) is 0 Å². The van der Waals surface area contributed by atoms with Crippen molar-refractivity contribution >= 4 is 5.84 Å². The summed E-state index contributed by atoms with van der Waals surface area (Å²) in [6, 6.07) is 0.368. The molecule has 96 valence electrons. The summed E-state index contributed by atoms with van der Waals surface area (Å²) in [5.41, 5.74) is 5.33. The summed E-state index contributed by atoms with van der Waals surface area (Å²) in [7, 11) is 3.41. The molecule has 0 aromatic rings. The highest BCUT2D eigenvalue weighted by molar-refractivity contribution is 5.76. The van der Waals surface area contributed by atoms with Crippen molar-refractivity contribution in [3.63, 3.8) is 0 Å². The predicted octanol–water partition coefficient (Wildman–Crippen LogP) is 0.686. The molecule has 0 heterocycles. The van der Waals surface area contributed by atoms with E-state index < -0.39 is 0 Å². The molecule has 0 rings (SSSR count). The van der Waals surface area contributed by atoms with Crippen molar-refractivity contribution in [1.82, 2.24) is 4.90 Å². The molecule has 0 fully saturated rings. The number of methoxy groups -OCH3 is 2. The second-order valence-electron chi connectivity index (χ2n) is 3.96. The summed E-state index contributed by atoms with van der Waals surface area (Å²) in [5.74, 6) is 0.256. The van der Waals surface area contributed by atoms with Crippen molar-refractivity contribution in [1.29, 1.82) is 5.41 Å². The maximum Gasteiger partial charge on any atom is 0.0905 e. The van der Waals surface area contributed by atoms with E-state index in [4.69, 9.17) is 20.6 Å². The lowest BCUT2D eigenvalue weighted by Crippen LogP contribution is -2.39. The Bertz CT molecular complexity index is 188. The van der Waals surface area contributed by atoms with Crippen LogP contribution in [0.15, 0.2) is 0 Å². The van der Waals surface area contributed by atoms with E-state index >= 15 is 0 Å². The van der Waals surface area contributed by atoms with Gasteiger partial charge >= 0.3 is 0 Å². The van der Waals surface area contributed by atoms with Gasteiger partial charge in [0.2, 0.25) is 0 Å². The monoisotopic (exact) mass is 231 g/mol. The Morgan fingerprint density at radius 1 is 1.31 bits per heavy atom. The van der Waals surface area contributed by atoms with Crippen LogP contribution in [0, 0.1) is 5.41 Å². The maximum absolute atomic E-state index is 7.17. The molecule has 0 amide bonds. The van der Waals surface area contributed by atoms with Crippen LogP contribution in [0.5, 0.6) is 0 Å². The Morgan fingerprint density at radius 3 is 2.50 bits per heavy atom. The van der Waals surface area contributed by atoms with Gasteiger partial charge in [0.1, 0.15) is 0 Å². The smallest absolute Gasteiger partial charge is 0.0905 e. The average Bonchev–Trinajstić information content (AvgIpc) is 2.22. The number of nitrogens with zero attached hydrogens (tertiary/aromatic N) is 1. The minimum Gasteiger partial charge on any atom is -0.388 e. The second kappa shape index (κ2) is 9.57. The fourth-order valence-corrected chi connectivity index (χ4v) is 1.58. The van der Waals surface area contributed by atoms with E-state index in [2.05, 4.69) is 11.8 Å². The van der Waals surface area contributed by atoms with Crippen LogP contribution in [0.1, 0.15) is 19.8 Å². The highest BCUT2D eigenvalue weighted by Crippen LogP contribution is 2.02. The van der Waals surface area contributed by atoms with Crippen molar-refractivity contribution in [2.45, 2.75) is 25.8 Å². The van der Waals surface area contributed by atoms with Crippen molar-refractivity contribution in [2.75, 3.05) is 40.5 Å². The molecule has 3 N–H and O–H groups in total. The molecule has 16 heavy (non-hydrogen) atoms. The van der Waals surface area contributed by atoms with E-state index in [1.807, 2.05) is 0 Å².